The molecular weight excluding hydrogens is 387 g/mol. The van der Waals surface area contributed by atoms with Crippen molar-refractivity contribution in [3.63, 3.8) is 0 Å². The van der Waals surface area contributed by atoms with Crippen LogP contribution in [0.15, 0.2) is 35.5 Å². The smallest absolute Gasteiger partial charge is 0.319 e. The van der Waals surface area contributed by atoms with Gasteiger partial charge in [-0.3, -0.25) is 4.72 Å². The molecular formula is C15H14ClFN4O4S. The summed E-state index contributed by atoms with van der Waals surface area (Å²) in [5, 5.41) is 0.958. The molecule has 0 saturated carbocycles. The molecule has 0 saturated heterocycles. The van der Waals surface area contributed by atoms with Crippen LogP contribution in [-0.2, 0) is 10.0 Å². The second kappa shape index (κ2) is 7.34. The molecule has 8 nitrogen and oxygen atoms in total. The lowest BCUT2D eigenvalue weighted by molar-refractivity contribution is 0.251. The van der Waals surface area contributed by atoms with Gasteiger partial charge in [0.2, 0.25) is 5.88 Å². The van der Waals surface area contributed by atoms with E-state index in [0.29, 0.717) is 15.9 Å². The molecule has 2 heterocycles. The van der Waals surface area contributed by atoms with Crippen LogP contribution in [0.1, 0.15) is 0 Å². The predicted octanol–water partition coefficient (Wildman–Crippen LogP) is 2.77. The molecule has 0 aliphatic heterocycles. The van der Waals surface area contributed by atoms with Gasteiger partial charge in [0.05, 0.1) is 13.3 Å². The largest absolute Gasteiger partial charge is 0.479 e. The quantitative estimate of drug-likeness (QED) is 0.631. The zero-order chi connectivity index (χ0) is 18.7. The standard InChI is InChI=1S/C15H14ClFN4O4S/c1-24-14-12(7-19-15(20-14)25-5-4-17)21-26(22,23)13-8-18-11-6-9(16)2-3-10(11)13/h2-3,6-8,18,21H,4-5H2,1H3. The van der Waals surface area contributed by atoms with Crippen LogP contribution >= 0.6 is 11.6 Å². The second-order valence-corrected chi connectivity index (χ2v) is 7.15. The number of sulfonamides is 1. The number of hydrogen-bond acceptors (Lipinski definition) is 6. The molecule has 26 heavy (non-hydrogen) atoms. The Morgan fingerprint density at radius 1 is 1.38 bits per heavy atom. The first-order valence-corrected chi connectivity index (χ1v) is 9.20. The van der Waals surface area contributed by atoms with Crippen molar-refractivity contribution in [1.29, 1.82) is 0 Å². The van der Waals surface area contributed by atoms with E-state index in [0.717, 1.165) is 0 Å². The van der Waals surface area contributed by atoms with Crippen molar-refractivity contribution >= 4 is 38.2 Å². The van der Waals surface area contributed by atoms with E-state index < -0.39 is 16.7 Å². The van der Waals surface area contributed by atoms with E-state index in [1.165, 1.54) is 19.5 Å². The van der Waals surface area contributed by atoms with Crippen LogP contribution in [0.2, 0.25) is 5.02 Å². The van der Waals surface area contributed by atoms with Crippen molar-refractivity contribution in [2.24, 2.45) is 0 Å². The molecule has 0 spiro atoms. The van der Waals surface area contributed by atoms with Gasteiger partial charge in [-0.25, -0.2) is 17.8 Å². The third kappa shape index (κ3) is 3.65. The highest BCUT2D eigenvalue weighted by Crippen LogP contribution is 2.29. The fourth-order valence-electron chi connectivity index (χ4n) is 2.27. The van der Waals surface area contributed by atoms with Crippen molar-refractivity contribution in [2.75, 3.05) is 25.1 Å². The van der Waals surface area contributed by atoms with Gasteiger partial charge in [0.25, 0.3) is 10.0 Å². The van der Waals surface area contributed by atoms with Crippen LogP contribution in [-0.4, -0.2) is 43.8 Å². The molecule has 0 amide bonds. The predicted molar refractivity (Wildman–Crippen MR) is 94.2 cm³/mol. The number of methoxy groups -OCH3 is 1. The van der Waals surface area contributed by atoms with Gasteiger partial charge in [-0.15, -0.1) is 0 Å². The Labute approximate surface area is 153 Å². The van der Waals surface area contributed by atoms with E-state index in [1.54, 1.807) is 18.2 Å². The lowest BCUT2D eigenvalue weighted by Gasteiger charge is -2.11. The van der Waals surface area contributed by atoms with Crippen LogP contribution in [0.25, 0.3) is 10.9 Å². The molecule has 0 unspecified atom stereocenters. The summed E-state index contributed by atoms with van der Waals surface area (Å²) in [6, 6.07) is 4.70. The monoisotopic (exact) mass is 400 g/mol. The maximum atomic E-state index is 12.7. The summed E-state index contributed by atoms with van der Waals surface area (Å²) in [5.41, 5.74) is 0.597. The number of halogens is 2. The zero-order valence-electron chi connectivity index (χ0n) is 13.5. The highest BCUT2D eigenvalue weighted by molar-refractivity contribution is 7.93. The first-order chi connectivity index (χ1) is 12.4. The number of nitrogens with zero attached hydrogens (tertiary/aromatic N) is 2. The minimum absolute atomic E-state index is 0.0170. The van der Waals surface area contributed by atoms with Gasteiger partial charge in [-0.05, 0) is 18.2 Å². The van der Waals surface area contributed by atoms with Gasteiger partial charge in [0.1, 0.15) is 23.9 Å². The summed E-state index contributed by atoms with van der Waals surface area (Å²) in [5.74, 6) is -0.0553. The van der Waals surface area contributed by atoms with Crippen LogP contribution in [0.5, 0.6) is 11.9 Å². The average molecular weight is 401 g/mol. The lowest BCUT2D eigenvalue weighted by Crippen LogP contribution is -2.14. The number of rotatable bonds is 7. The van der Waals surface area contributed by atoms with Gasteiger partial charge < -0.3 is 14.5 Å². The number of nitrogens with one attached hydrogen (secondary N) is 2. The van der Waals surface area contributed by atoms with Crippen LogP contribution in [0.4, 0.5) is 10.1 Å². The van der Waals surface area contributed by atoms with E-state index >= 15 is 0 Å². The van der Waals surface area contributed by atoms with Gasteiger partial charge in [-0.1, -0.05) is 11.6 Å². The maximum absolute atomic E-state index is 12.7. The molecule has 3 aromatic rings. The van der Waals surface area contributed by atoms with Gasteiger partial charge in [0.15, 0.2) is 0 Å². The van der Waals surface area contributed by atoms with Crippen LogP contribution in [0.3, 0.4) is 0 Å². The van der Waals surface area contributed by atoms with Gasteiger partial charge >= 0.3 is 6.01 Å². The molecule has 2 aromatic heterocycles. The highest BCUT2D eigenvalue weighted by atomic mass is 35.5. The number of benzene rings is 1. The molecule has 3 rings (SSSR count). The Morgan fingerprint density at radius 3 is 2.92 bits per heavy atom. The molecule has 2 N–H and O–H groups in total. The molecule has 138 valence electrons. The van der Waals surface area contributed by atoms with Crippen molar-refractivity contribution < 1.29 is 22.3 Å². The molecule has 0 atom stereocenters. The number of fused-ring (bicyclic) bond motifs is 1. The Kier molecular flexibility index (Phi) is 5.14. The van der Waals surface area contributed by atoms with Crippen molar-refractivity contribution in [2.45, 2.75) is 4.90 Å². The van der Waals surface area contributed by atoms with Crippen LogP contribution < -0.4 is 14.2 Å². The third-order valence-electron chi connectivity index (χ3n) is 3.37. The maximum Gasteiger partial charge on any atom is 0.319 e. The van der Waals surface area contributed by atoms with E-state index in [2.05, 4.69) is 19.7 Å². The molecule has 0 radical (unpaired) electrons. The number of hydrogen-bond donors (Lipinski definition) is 2. The summed E-state index contributed by atoms with van der Waals surface area (Å²) >= 11 is 5.91. The van der Waals surface area contributed by atoms with Gasteiger partial charge in [0, 0.05) is 22.1 Å². The van der Waals surface area contributed by atoms with Crippen molar-refractivity contribution in [3.05, 3.63) is 35.6 Å². The third-order valence-corrected chi connectivity index (χ3v) is 5.01. The van der Waals surface area contributed by atoms with Crippen molar-refractivity contribution in [3.8, 4) is 11.9 Å². The Morgan fingerprint density at radius 2 is 2.19 bits per heavy atom. The first-order valence-electron chi connectivity index (χ1n) is 7.34. The fraction of sp³-hybridized carbons (Fsp3) is 0.200. The summed E-state index contributed by atoms with van der Waals surface area (Å²) < 4.78 is 50.0. The Bertz CT molecular complexity index is 1040. The summed E-state index contributed by atoms with van der Waals surface area (Å²) in [6.45, 7) is -0.920. The molecule has 1 aromatic carbocycles. The number of aromatic nitrogens is 3. The van der Waals surface area contributed by atoms with Crippen molar-refractivity contribution in [1.82, 2.24) is 15.0 Å². The summed E-state index contributed by atoms with van der Waals surface area (Å²) in [6.07, 6.45) is 2.54. The summed E-state index contributed by atoms with van der Waals surface area (Å²) in [7, 11) is -2.64. The fourth-order valence-corrected chi connectivity index (χ4v) is 3.66. The topological polar surface area (TPSA) is 106 Å². The Hall–Kier alpha value is -2.59. The Balaban J connectivity index is 1.93. The number of anilines is 1. The molecule has 0 fully saturated rings. The van der Waals surface area contributed by atoms with Crippen LogP contribution in [0, 0.1) is 0 Å². The summed E-state index contributed by atoms with van der Waals surface area (Å²) in [4.78, 5) is 10.6. The molecule has 0 bridgehead atoms. The SMILES string of the molecule is COc1nc(OCCF)ncc1NS(=O)(=O)c1c[nH]c2cc(Cl)ccc12. The van der Waals surface area contributed by atoms with Gasteiger partial charge in [-0.2, -0.15) is 4.98 Å². The molecule has 0 aliphatic rings. The first kappa shape index (κ1) is 18.2. The highest BCUT2D eigenvalue weighted by Gasteiger charge is 2.22. The normalized spacial score (nSPS) is 11.5. The van der Waals surface area contributed by atoms with E-state index in [1.807, 2.05) is 0 Å². The number of ether oxygens (including phenoxy) is 2. The number of alkyl halides is 1. The van der Waals surface area contributed by atoms with E-state index in [4.69, 9.17) is 21.1 Å². The average Bonchev–Trinajstić information content (AvgIpc) is 3.04. The lowest BCUT2D eigenvalue weighted by atomic mass is 10.2. The molecule has 0 aliphatic carbocycles. The van der Waals surface area contributed by atoms with E-state index in [-0.39, 0.29) is 29.1 Å². The van der Waals surface area contributed by atoms with E-state index in [9.17, 15) is 12.8 Å². The number of H-pyrrole nitrogens is 1. The minimum Gasteiger partial charge on any atom is -0.479 e. The minimum atomic E-state index is -3.96. The second-order valence-electron chi connectivity index (χ2n) is 5.06. The number of aromatic amines is 1. The zero-order valence-corrected chi connectivity index (χ0v) is 15.1. The molecule has 11 heteroatoms.